The first-order valence-corrected chi connectivity index (χ1v) is 6.50. The van der Waals surface area contributed by atoms with Crippen LogP contribution < -0.4 is 4.74 Å². The van der Waals surface area contributed by atoms with Crippen LogP contribution in [0.5, 0.6) is 5.75 Å². The van der Waals surface area contributed by atoms with E-state index >= 15 is 0 Å². The molecule has 5 heteroatoms. The molecule has 0 aliphatic rings. The average molecular weight is 292 g/mol. The highest BCUT2D eigenvalue weighted by molar-refractivity contribution is 6.30. The summed E-state index contributed by atoms with van der Waals surface area (Å²) in [6.07, 6.45) is 3.98. The number of carboxylic acids is 1. The van der Waals surface area contributed by atoms with Gasteiger partial charge in [0.15, 0.2) is 0 Å². The summed E-state index contributed by atoms with van der Waals surface area (Å²) >= 11 is 6.14. The number of hydrogen-bond donors (Lipinski definition) is 1. The monoisotopic (exact) mass is 291 g/mol. The van der Waals surface area contributed by atoms with E-state index in [-0.39, 0.29) is 0 Å². The number of aromatic nitrogens is 1. The van der Waals surface area contributed by atoms with Gasteiger partial charge in [0.25, 0.3) is 0 Å². The lowest BCUT2D eigenvalue weighted by Crippen LogP contribution is -1.92. The van der Waals surface area contributed by atoms with Crippen LogP contribution in [-0.4, -0.2) is 23.2 Å². The second-order valence-electron chi connectivity index (χ2n) is 4.28. The number of hydrogen-bond acceptors (Lipinski definition) is 3. The van der Waals surface area contributed by atoms with Gasteiger partial charge in [-0.1, -0.05) is 17.7 Å². The van der Waals surface area contributed by atoms with Crippen LogP contribution in [0.2, 0.25) is 5.15 Å². The summed E-state index contributed by atoms with van der Waals surface area (Å²) in [6.45, 7) is 0. The quantitative estimate of drug-likeness (QED) is 0.677. The van der Waals surface area contributed by atoms with E-state index in [4.69, 9.17) is 21.4 Å². The number of aliphatic carboxylic acids is 1. The number of methoxy groups -OCH3 is 1. The number of fused-ring (bicyclic) bond motifs is 1. The van der Waals surface area contributed by atoms with Crippen molar-refractivity contribution in [3.63, 3.8) is 0 Å². The third-order valence-corrected chi connectivity index (χ3v) is 3.22. The largest absolute Gasteiger partial charge is 0.497 e. The maximum Gasteiger partial charge on any atom is 0.327 e. The summed E-state index contributed by atoms with van der Waals surface area (Å²) in [6, 6.07) is 7.55. The molecule has 0 aliphatic heterocycles. The van der Waals surface area contributed by atoms with Crippen molar-refractivity contribution in [2.75, 3.05) is 7.11 Å². The molecule has 1 aromatic heterocycles. The molecule has 0 unspecified atom stereocenters. The molecule has 4 nitrogen and oxygen atoms in total. The molecule has 2 rings (SSSR count). The summed E-state index contributed by atoms with van der Waals surface area (Å²) in [7, 11) is 1.61. The number of rotatable bonds is 5. The van der Waals surface area contributed by atoms with Gasteiger partial charge in [-0.2, -0.15) is 0 Å². The van der Waals surface area contributed by atoms with Crippen LogP contribution in [0.25, 0.3) is 10.9 Å². The molecule has 1 heterocycles. The lowest BCUT2D eigenvalue weighted by molar-refractivity contribution is -0.131. The number of nitrogens with zero attached hydrogens (tertiary/aromatic N) is 1. The summed E-state index contributed by atoms with van der Waals surface area (Å²) in [5.41, 5.74) is 1.70. The second-order valence-corrected chi connectivity index (χ2v) is 4.63. The van der Waals surface area contributed by atoms with Gasteiger partial charge >= 0.3 is 5.97 Å². The molecule has 0 radical (unpaired) electrons. The van der Waals surface area contributed by atoms with Crippen LogP contribution in [0.3, 0.4) is 0 Å². The van der Waals surface area contributed by atoms with Crippen molar-refractivity contribution in [2.24, 2.45) is 0 Å². The zero-order valence-electron chi connectivity index (χ0n) is 11.0. The highest BCUT2D eigenvalue weighted by Gasteiger charge is 2.05. The van der Waals surface area contributed by atoms with Gasteiger partial charge in [0.2, 0.25) is 0 Å². The second kappa shape index (κ2) is 6.39. The third kappa shape index (κ3) is 3.48. The molecule has 0 saturated carbocycles. The maximum atomic E-state index is 10.4. The van der Waals surface area contributed by atoms with Crippen LogP contribution >= 0.6 is 11.6 Å². The number of carbonyl (C=O) groups is 1. The topological polar surface area (TPSA) is 59.4 Å². The Balaban J connectivity index is 2.24. The Labute approximate surface area is 121 Å². The molecule has 0 fully saturated rings. The van der Waals surface area contributed by atoms with Crippen molar-refractivity contribution in [2.45, 2.75) is 12.8 Å². The van der Waals surface area contributed by atoms with Crippen LogP contribution in [-0.2, 0) is 11.2 Å². The first-order valence-electron chi connectivity index (χ1n) is 6.13. The fourth-order valence-electron chi connectivity index (χ4n) is 1.90. The summed E-state index contributed by atoms with van der Waals surface area (Å²) in [4.78, 5) is 14.7. The molecule has 0 amide bonds. The molecule has 1 aromatic carbocycles. The predicted octanol–water partition coefficient (Wildman–Crippen LogP) is 3.47. The smallest absolute Gasteiger partial charge is 0.327 e. The number of allylic oxidation sites excluding steroid dienone is 1. The van der Waals surface area contributed by atoms with Crippen molar-refractivity contribution in [3.8, 4) is 5.75 Å². The number of halogens is 1. The van der Waals surface area contributed by atoms with E-state index in [1.165, 1.54) is 0 Å². The van der Waals surface area contributed by atoms with Gasteiger partial charge in [0.1, 0.15) is 10.9 Å². The van der Waals surface area contributed by atoms with Crippen molar-refractivity contribution in [3.05, 3.63) is 47.1 Å². The number of ether oxygens (including phenoxy) is 1. The van der Waals surface area contributed by atoms with E-state index < -0.39 is 5.97 Å². The Hall–Kier alpha value is -2.07. The molecule has 2 aromatic rings. The summed E-state index contributed by atoms with van der Waals surface area (Å²) in [5.74, 6) is -0.184. The molecule has 0 atom stereocenters. The van der Waals surface area contributed by atoms with Gasteiger partial charge in [-0.3, -0.25) is 0 Å². The first-order chi connectivity index (χ1) is 9.60. The van der Waals surface area contributed by atoms with E-state index in [2.05, 4.69) is 4.98 Å². The average Bonchev–Trinajstić information content (AvgIpc) is 2.43. The van der Waals surface area contributed by atoms with E-state index in [9.17, 15) is 4.79 Å². The Bertz CT molecular complexity index is 667. The van der Waals surface area contributed by atoms with Gasteiger partial charge < -0.3 is 9.84 Å². The Morgan fingerprint density at radius 3 is 2.95 bits per heavy atom. The van der Waals surface area contributed by atoms with Gasteiger partial charge in [0, 0.05) is 11.5 Å². The van der Waals surface area contributed by atoms with Crippen molar-refractivity contribution < 1.29 is 14.6 Å². The van der Waals surface area contributed by atoms with Crippen molar-refractivity contribution in [1.82, 2.24) is 4.98 Å². The number of aryl methyl sites for hydroxylation is 1. The van der Waals surface area contributed by atoms with Gasteiger partial charge in [-0.15, -0.1) is 0 Å². The molecule has 0 bridgehead atoms. The Kier molecular flexibility index (Phi) is 4.58. The summed E-state index contributed by atoms with van der Waals surface area (Å²) < 4.78 is 5.18. The SMILES string of the molecule is COc1ccc2nc(Cl)c(CCC=CC(=O)O)cc2c1. The minimum atomic E-state index is -0.947. The van der Waals surface area contributed by atoms with E-state index in [1.807, 2.05) is 24.3 Å². The number of carboxylic acid groups (broad SMARTS) is 1. The lowest BCUT2D eigenvalue weighted by Gasteiger charge is -2.06. The minimum Gasteiger partial charge on any atom is -0.497 e. The van der Waals surface area contributed by atoms with Crippen LogP contribution in [0.1, 0.15) is 12.0 Å². The molecular formula is C15H14ClNO3. The third-order valence-electron chi connectivity index (χ3n) is 2.89. The molecule has 0 aliphatic carbocycles. The van der Waals surface area contributed by atoms with Gasteiger partial charge in [-0.25, -0.2) is 9.78 Å². The zero-order valence-corrected chi connectivity index (χ0v) is 11.7. The first kappa shape index (κ1) is 14.3. The molecule has 0 spiro atoms. The highest BCUT2D eigenvalue weighted by atomic mass is 35.5. The molecule has 0 saturated heterocycles. The molecule has 104 valence electrons. The molecular weight excluding hydrogens is 278 g/mol. The van der Waals surface area contributed by atoms with Crippen LogP contribution in [0, 0.1) is 0 Å². The molecule has 1 N–H and O–H groups in total. The normalized spacial score (nSPS) is 11.1. The predicted molar refractivity (Wildman–Crippen MR) is 78.4 cm³/mol. The lowest BCUT2D eigenvalue weighted by atomic mass is 10.1. The van der Waals surface area contributed by atoms with Gasteiger partial charge in [-0.05, 0) is 42.7 Å². The van der Waals surface area contributed by atoms with Crippen molar-refractivity contribution >= 4 is 28.5 Å². The van der Waals surface area contributed by atoms with Crippen LogP contribution in [0.15, 0.2) is 36.4 Å². The number of benzene rings is 1. The Morgan fingerprint density at radius 1 is 1.45 bits per heavy atom. The van der Waals surface area contributed by atoms with Crippen molar-refractivity contribution in [1.29, 1.82) is 0 Å². The fourth-order valence-corrected chi connectivity index (χ4v) is 2.14. The van der Waals surface area contributed by atoms with Gasteiger partial charge in [0.05, 0.1) is 12.6 Å². The summed E-state index contributed by atoms with van der Waals surface area (Å²) in [5, 5.41) is 9.93. The minimum absolute atomic E-state index is 0.450. The fraction of sp³-hybridized carbons (Fsp3) is 0.200. The highest BCUT2D eigenvalue weighted by Crippen LogP contribution is 2.25. The maximum absolute atomic E-state index is 10.4. The molecule has 20 heavy (non-hydrogen) atoms. The van der Waals surface area contributed by atoms with E-state index in [0.29, 0.717) is 18.0 Å². The number of pyridine rings is 1. The Morgan fingerprint density at radius 2 is 2.25 bits per heavy atom. The van der Waals surface area contributed by atoms with E-state index in [0.717, 1.165) is 28.3 Å². The standard InChI is InChI=1S/C15H14ClNO3/c1-20-12-6-7-13-11(9-12)8-10(15(16)17-13)4-2-3-5-14(18)19/h3,5-9H,2,4H2,1H3,(H,18,19). The zero-order chi connectivity index (χ0) is 14.5. The van der Waals surface area contributed by atoms with E-state index in [1.54, 1.807) is 13.2 Å². The van der Waals surface area contributed by atoms with Crippen LogP contribution in [0.4, 0.5) is 0 Å².